The molecule has 0 saturated heterocycles. The molecule has 0 radical (unpaired) electrons. The van der Waals surface area contributed by atoms with E-state index in [-0.39, 0.29) is 5.91 Å². The van der Waals surface area contributed by atoms with E-state index in [0.29, 0.717) is 19.4 Å². The minimum Gasteiger partial charge on any atom is -0.497 e. The Labute approximate surface area is 164 Å². The quantitative estimate of drug-likeness (QED) is 0.555. The van der Waals surface area contributed by atoms with Gasteiger partial charge in [0.15, 0.2) is 0 Å². The number of nitrogens with zero attached hydrogens (tertiary/aromatic N) is 1. The molecule has 0 aliphatic heterocycles. The SMILES string of the molecule is COc1ccc(CCC(=O)N(Cc2cccs2)c2ccc(OC)cc2)cc1. The Morgan fingerprint density at radius 3 is 2.11 bits per heavy atom. The highest BCUT2D eigenvalue weighted by Gasteiger charge is 2.17. The molecular weight excluding hydrogens is 358 g/mol. The molecule has 5 heteroatoms. The number of hydrogen-bond donors (Lipinski definition) is 0. The summed E-state index contributed by atoms with van der Waals surface area (Å²) >= 11 is 1.66. The van der Waals surface area contributed by atoms with Crippen LogP contribution in [-0.4, -0.2) is 20.1 Å². The smallest absolute Gasteiger partial charge is 0.227 e. The van der Waals surface area contributed by atoms with Crippen molar-refractivity contribution in [3.8, 4) is 11.5 Å². The summed E-state index contributed by atoms with van der Waals surface area (Å²) in [5, 5.41) is 2.03. The maximum atomic E-state index is 13.0. The number of amides is 1. The molecule has 1 amide bonds. The lowest BCUT2D eigenvalue weighted by molar-refractivity contribution is -0.118. The van der Waals surface area contributed by atoms with Crippen LogP contribution in [-0.2, 0) is 17.8 Å². The van der Waals surface area contributed by atoms with E-state index in [1.807, 2.05) is 64.9 Å². The number of benzene rings is 2. The van der Waals surface area contributed by atoms with Crippen LogP contribution < -0.4 is 14.4 Å². The standard InChI is InChI=1S/C22H23NO3S/c1-25-19-10-5-17(6-11-19)7-14-22(24)23(16-21-4-3-15-27-21)18-8-12-20(26-2)13-9-18/h3-6,8-13,15H,7,14,16H2,1-2H3. The van der Waals surface area contributed by atoms with Gasteiger partial charge in [0.2, 0.25) is 5.91 Å². The summed E-state index contributed by atoms with van der Waals surface area (Å²) in [6.45, 7) is 0.575. The first kappa shape index (κ1) is 19.0. The highest BCUT2D eigenvalue weighted by Crippen LogP contribution is 2.24. The molecule has 0 saturated carbocycles. The van der Waals surface area contributed by atoms with Gasteiger partial charge in [-0.3, -0.25) is 4.79 Å². The predicted molar refractivity (Wildman–Crippen MR) is 110 cm³/mol. The van der Waals surface area contributed by atoms with Crippen molar-refractivity contribution in [1.29, 1.82) is 0 Å². The molecule has 2 aromatic carbocycles. The van der Waals surface area contributed by atoms with Crippen molar-refractivity contribution in [3.63, 3.8) is 0 Å². The third-order valence-corrected chi connectivity index (χ3v) is 5.23. The molecule has 0 aliphatic rings. The van der Waals surface area contributed by atoms with Gasteiger partial charge in [0, 0.05) is 17.0 Å². The number of methoxy groups -OCH3 is 2. The van der Waals surface area contributed by atoms with Gasteiger partial charge < -0.3 is 14.4 Å². The molecule has 0 unspecified atom stereocenters. The molecule has 4 nitrogen and oxygen atoms in total. The van der Waals surface area contributed by atoms with Gasteiger partial charge in [0.05, 0.1) is 20.8 Å². The molecule has 0 bridgehead atoms. The van der Waals surface area contributed by atoms with Crippen LogP contribution in [0.1, 0.15) is 16.9 Å². The number of carbonyl (C=O) groups is 1. The Balaban J connectivity index is 1.72. The third-order valence-electron chi connectivity index (χ3n) is 4.37. The third kappa shape index (κ3) is 5.11. The first-order valence-electron chi connectivity index (χ1n) is 8.79. The normalized spacial score (nSPS) is 10.4. The monoisotopic (exact) mass is 381 g/mol. The molecular formula is C22H23NO3S. The van der Waals surface area contributed by atoms with Crippen molar-refractivity contribution in [2.75, 3.05) is 19.1 Å². The summed E-state index contributed by atoms with van der Waals surface area (Å²) in [5.74, 6) is 1.70. The summed E-state index contributed by atoms with van der Waals surface area (Å²) in [7, 11) is 3.29. The van der Waals surface area contributed by atoms with E-state index in [2.05, 4.69) is 6.07 Å². The lowest BCUT2D eigenvalue weighted by Crippen LogP contribution is -2.30. The molecule has 0 spiro atoms. The second kappa shape index (κ2) is 9.24. The van der Waals surface area contributed by atoms with Crippen molar-refractivity contribution < 1.29 is 14.3 Å². The Morgan fingerprint density at radius 2 is 1.56 bits per heavy atom. The molecule has 0 N–H and O–H groups in total. The zero-order chi connectivity index (χ0) is 19.1. The zero-order valence-electron chi connectivity index (χ0n) is 15.6. The molecule has 27 heavy (non-hydrogen) atoms. The van der Waals surface area contributed by atoms with Crippen LogP contribution in [0.15, 0.2) is 66.0 Å². The summed E-state index contributed by atoms with van der Waals surface area (Å²) in [6.07, 6.45) is 1.14. The highest BCUT2D eigenvalue weighted by molar-refractivity contribution is 7.09. The fourth-order valence-corrected chi connectivity index (χ4v) is 3.52. The van der Waals surface area contributed by atoms with Crippen LogP contribution in [0.4, 0.5) is 5.69 Å². The van der Waals surface area contributed by atoms with Crippen LogP contribution in [0.3, 0.4) is 0 Å². The lowest BCUT2D eigenvalue weighted by atomic mass is 10.1. The fraction of sp³-hybridized carbons (Fsp3) is 0.227. The Hall–Kier alpha value is -2.79. The second-order valence-electron chi connectivity index (χ2n) is 6.11. The van der Waals surface area contributed by atoms with Crippen LogP contribution in [0.25, 0.3) is 0 Å². The van der Waals surface area contributed by atoms with E-state index in [1.54, 1.807) is 25.6 Å². The maximum Gasteiger partial charge on any atom is 0.227 e. The molecule has 140 valence electrons. The van der Waals surface area contributed by atoms with Gasteiger partial charge in [0.25, 0.3) is 0 Å². The number of aryl methyl sites for hydroxylation is 1. The van der Waals surface area contributed by atoms with Crippen molar-refractivity contribution in [1.82, 2.24) is 0 Å². The van der Waals surface area contributed by atoms with E-state index < -0.39 is 0 Å². The van der Waals surface area contributed by atoms with Crippen molar-refractivity contribution >= 4 is 22.9 Å². The zero-order valence-corrected chi connectivity index (χ0v) is 16.4. The predicted octanol–water partition coefficient (Wildman–Crippen LogP) is 4.93. The van der Waals surface area contributed by atoms with Gasteiger partial charge in [-0.05, 0) is 59.8 Å². The molecule has 1 heterocycles. The van der Waals surface area contributed by atoms with E-state index in [9.17, 15) is 4.79 Å². The van der Waals surface area contributed by atoms with Crippen molar-refractivity contribution in [2.24, 2.45) is 0 Å². The second-order valence-corrected chi connectivity index (χ2v) is 7.14. The molecule has 0 fully saturated rings. The van der Waals surface area contributed by atoms with E-state index in [1.165, 1.54) is 0 Å². The summed E-state index contributed by atoms with van der Waals surface area (Å²) in [5.41, 5.74) is 2.00. The highest BCUT2D eigenvalue weighted by atomic mass is 32.1. The number of anilines is 1. The van der Waals surface area contributed by atoms with Crippen molar-refractivity contribution in [2.45, 2.75) is 19.4 Å². The minimum atomic E-state index is 0.101. The van der Waals surface area contributed by atoms with Gasteiger partial charge in [0.1, 0.15) is 11.5 Å². The fourth-order valence-electron chi connectivity index (χ4n) is 2.82. The summed E-state index contributed by atoms with van der Waals surface area (Å²) in [6, 6.07) is 19.5. The first-order valence-corrected chi connectivity index (χ1v) is 9.67. The minimum absolute atomic E-state index is 0.101. The largest absolute Gasteiger partial charge is 0.497 e. The average Bonchev–Trinajstić information content (AvgIpc) is 3.24. The van der Waals surface area contributed by atoms with Gasteiger partial charge in [-0.1, -0.05) is 18.2 Å². The molecule has 1 aromatic heterocycles. The molecule has 3 rings (SSSR count). The van der Waals surface area contributed by atoms with E-state index >= 15 is 0 Å². The number of thiophene rings is 1. The molecule has 3 aromatic rings. The lowest BCUT2D eigenvalue weighted by Gasteiger charge is -2.23. The van der Waals surface area contributed by atoms with Crippen LogP contribution >= 0.6 is 11.3 Å². The Kier molecular flexibility index (Phi) is 6.49. The van der Waals surface area contributed by atoms with Gasteiger partial charge in [-0.15, -0.1) is 11.3 Å². The topological polar surface area (TPSA) is 38.8 Å². The van der Waals surface area contributed by atoms with Gasteiger partial charge >= 0.3 is 0 Å². The van der Waals surface area contributed by atoms with Crippen LogP contribution in [0.2, 0.25) is 0 Å². The number of ether oxygens (including phenoxy) is 2. The number of rotatable bonds is 8. The van der Waals surface area contributed by atoms with Crippen LogP contribution in [0.5, 0.6) is 11.5 Å². The summed E-state index contributed by atoms with van der Waals surface area (Å²) < 4.78 is 10.4. The van der Waals surface area contributed by atoms with E-state index in [4.69, 9.17) is 9.47 Å². The Bertz CT molecular complexity index is 842. The number of hydrogen-bond acceptors (Lipinski definition) is 4. The van der Waals surface area contributed by atoms with E-state index in [0.717, 1.165) is 27.6 Å². The molecule has 0 atom stereocenters. The maximum absolute atomic E-state index is 13.0. The number of carbonyl (C=O) groups excluding carboxylic acids is 1. The van der Waals surface area contributed by atoms with Gasteiger partial charge in [-0.25, -0.2) is 0 Å². The van der Waals surface area contributed by atoms with Gasteiger partial charge in [-0.2, -0.15) is 0 Å². The average molecular weight is 381 g/mol. The van der Waals surface area contributed by atoms with Crippen molar-refractivity contribution in [3.05, 3.63) is 76.5 Å². The first-order chi connectivity index (χ1) is 13.2. The summed E-state index contributed by atoms with van der Waals surface area (Å²) in [4.78, 5) is 16.0. The van der Waals surface area contributed by atoms with Crippen LogP contribution in [0, 0.1) is 0 Å². The Morgan fingerprint density at radius 1 is 0.926 bits per heavy atom. The molecule has 0 aliphatic carbocycles.